The first-order valence-electron chi connectivity index (χ1n) is 6.65. The van der Waals surface area contributed by atoms with Crippen LogP contribution in [0.15, 0.2) is 17.3 Å². The fourth-order valence-electron chi connectivity index (χ4n) is 2.62. The topological polar surface area (TPSA) is 101 Å². The van der Waals surface area contributed by atoms with Crippen molar-refractivity contribution in [2.24, 2.45) is 11.3 Å². The van der Waals surface area contributed by atoms with Gasteiger partial charge in [-0.2, -0.15) is 5.10 Å². The van der Waals surface area contributed by atoms with Crippen LogP contribution in [0.1, 0.15) is 25.7 Å². The maximum atomic E-state index is 12.1. The highest BCUT2D eigenvalue weighted by molar-refractivity contribution is 7.89. The molecule has 0 atom stereocenters. The van der Waals surface area contributed by atoms with Gasteiger partial charge in [0.15, 0.2) is 0 Å². The Balaban J connectivity index is 1.65. The molecule has 2 fully saturated rings. The summed E-state index contributed by atoms with van der Waals surface area (Å²) in [6.07, 6.45) is 7.03. The number of nitrogens with one attached hydrogen (secondary N) is 1. The maximum absolute atomic E-state index is 12.1. The van der Waals surface area contributed by atoms with Crippen LogP contribution in [-0.4, -0.2) is 35.8 Å². The fraction of sp³-hybridized carbons (Fsp3) is 0.667. The second-order valence-corrected chi connectivity index (χ2v) is 7.50. The van der Waals surface area contributed by atoms with E-state index in [9.17, 15) is 13.2 Å². The van der Waals surface area contributed by atoms with Gasteiger partial charge in [-0.05, 0) is 37.0 Å². The summed E-state index contributed by atoms with van der Waals surface area (Å²) < 4.78 is 28.0. The van der Waals surface area contributed by atoms with E-state index in [0.29, 0.717) is 12.5 Å². The minimum absolute atomic E-state index is 0.0188. The van der Waals surface area contributed by atoms with Crippen molar-refractivity contribution in [1.82, 2.24) is 14.5 Å². The molecule has 110 valence electrons. The van der Waals surface area contributed by atoms with Crippen LogP contribution in [0.4, 0.5) is 0 Å². The first-order valence-corrected chi connectivity index (χ1v) is 8.14. The van der Waals surface area contributed by atoms with E-state index >= 15 is 0 Å². The van der Waals surface area contributed by atoms with E-state index in [-0.39, 0.29) is 16.9 Å². The van der Waals surface area contributed by atoms with Crippen molar-refractivity contribution in [2.45, 2.75) is 37.1 Å². The van der Waals surface area contributed by atoms with Crippen LogP contribution in [0.5, 0.6) is 0 Å². The number of sulfonamides is 1. The Morgan fingerprint density at radius 3 is 2.75 bits per heavy atom. The molecule has 1 aromatic rings. The van der Waals surface area contributed by atoms with Crippen molar-refractivity contribution < 1.29 is 18.3 Å². The third-order valence-corrected chi connectivity index (χ3v) is 5.52. The number of aliphatic carboxylic acids is 1. The molecule has 2 aliphatic rings. The van der Waals surface area contributed by atoms with E-state index in [1.54, 1.807) is 0 Å². The van der Waals surface area contributed by atoms with Gasteiger partial charge in [-0.25, -0.2) is 13.1 Å². The van der Waals surface area contributed by atoms with E-state index in [1.165, 1.54) is 25.2 Å². The summed E-state index contributed by atoms with van der Waals surface area (Å²) >= 11 is 0. The first kappa shape index (κ1) is 13.6. The van der Waals surface area contributed by atoms with Crippen LogP contribution in [0.3, 0.4) is 0 Å². The molecule has 3 rings (SSSR count). The van der Waals surface area contributed by atoms with Gasteiger partial charge in [-0.3, -0.25) is 9.48 Å². The van der Waals surface area contributed by atoms with E-state index in [4.69, 9.17) is 5.11 Å². The molecule has 7 nitrogen and oxygen atoms in total. The molecule has 2 N–H and O–H groups in total. The standard InChI is InChI=1S/C12H17N3O4S/c16-11(17)7-15-6-10(5-13-15)20(18,19)14-8-12(3-4-12)9-1-2-9/h5-6,9,14H,1-4,7-8H2,(H,16,17). The molecule has 0 amide bonds. The minimum atomic E-state index is -3.60. The van der Waals surface area contributed by atoms with Gasteiger partial charge in [0, 0.05) is 12.7 Å². The molecule has 0 unspecified atom stereocenters. The summed E-state index contributed by atoms with van der Waals surface area (Å²) in [4.78, 5) is 10.6. The number of carboxylic acids is 1. The molecule has 1 aromatic heterocycles. The van der Waals surface area contributed by atoms with Gasteiger partial charge >= 0.3 is 5.97 Å². The largest absolute Gasteiger partial charge is 0.480 e. The van der Waals surface area contributed by atoms with Crippen LogP contribution >= 0.6 is 0 Å². The summed E-state index contributed by atoms with van der Waals surface area (Å²) in [7, 11) is -3.60. The van der Waals surface area contributed by atoms with E-state index < -0.39 is 16.0 Å². The normalized spacial score (nSPS) is 20.8. The summed E-state index contributed by atoms with van der Waals surface area (Å²) in [6.45, 7) is 0.131. The molecule has 8 heteroatoms. The monoisotopic (exact) mass is 299 g/mol. The van der Waals surface area contributed by atoms with Gasteiger partial charge < -0.3 is 5.11 Å². The van der Waals surface area contributed by atoms with Gasteiger partial charge in [0.25, 0.3) is 0 Å². The lowest BCUT2D eigenvalue weighted by molar-refractivity contribution is -0.137. The van der Waals surface area contributed by atoms with Gasteiger partial charge in [-0.1, -0.05) is 0 Å². The Morgan fingerprint density at radius 1 is 1.50 bits per heavy atom. The Kier molecular flexibility index (Phi) is 3.09. The van der Waals surface area contributed by atoms with Gasteiger partial charge in [0.2, 0.25) is 10.0 Å². The van der Waals surface area contributed by atoms with Crippen molar-refractivity contribution in [3.63, 3.8) is 0 Å². The summed E-state index contributed by atoms with van der Waals surface area (Å²) in [6, 6.07) is 0. The number of rotatable bonds is 7. The number of carboxylic acid groups (broad SMARTS) is 1. The van der Waals surface area contributed by atoms with Crippen LogP contribution in [0, 0.1) is 11.3 Å². The van der Waals surface area contributed by atoms with Crippen molar-refractivity contribution in [1.29, 1.82) is 0 Å². The van der Waals surface area contributed by atoms with Crippen LogP contribution in [-0.2, 0) is 21.4 Å². The highest BCUT2D eigenvalue weighted by atomic mass is 32.2. The molecule has 2 aliphatic carbocycles. The Labute approximate surface area is 117 Å². The molecular formula is C12H17N3O4S. The molecule has 1 heterocycles. The number of carbonyl (C=O) groups is 1. The zero-order valence-electron chi connectivity index (χ0n) is 10.9. The average molecular weight is 299 g/mol. The van der Waals surface area contributed by atoms with Gasteiger partial charge in [-0.15, -0.1) is 0 Å². The first-order chi connectivity index (χ1) is 9.41. The smallest absolute Gasteiger partial charge is 0.325 e. The third kappa shape index (κ3) is 2.71. The van der Waals surface area contributed by atoms with E-state index in [1.807, 2.05) is 0 Å². The van der Waals surface area contributed by atoms with Gasteiger partial charge in [0.05, 0.1) is 6.20 Å². The number of hydrogen-bond acceptors (Lipinski definition) is 4. The molecule has 0 saturated heterocycles. The Bertz CT molecular complexity index is 629. The lowest BCUT2D eigenvalue weighted by atomic mass is 10.0. The molecule has 2 saturated carbocycles. The lowest BCUT2D eigenvalue weighted by Gasteiger charge is -2.14. The SMILES string of the molecule is O=C(O)Cn1cc(S(=O)(=O)NCC2(C3CC3)CC2)cn1. The molecule has 0 spiro atoms. The van der Waals surface area contributed by atoms with Gasteiger partial charge in [0.1, 0.15) is 11.4 Å². The molecule has 0 aliphatic heterocycles. The highest BCUT2D eigenvalue weighted by Crippen LogP contribution is 2.60. The predicted molar refractivity (Wildman–Crippen MR) is 69.4 cm³/mol. The quantitative estimate of drug-likeness (QED) is 0.760. The predicted octanol–water partition coefficient (Wildman–Crippen LogP) is 0.436. The Hall–Kier alpha value is -1.41. The maximum Gasteiger partial charge on any atom is 0.325 e. The number of aromatic nitrogens is 2. The average Bonchev–Trinajstić information content (AvgIpc) is 3.25. The molecular weight excluding hydrogens is 282 g/mol. The van der Waals surface area contributed by atoms with Crippen molar-refractivity contribution in [3.8, 4) is 0 Å². The van der Waals surface area contributed by atoms with Crippen molar-refractivity contribution >= 4 is 16.0 Å². The van der Waals surface area contributed by atoms with Crippen LogP contribution < -0.4 is 4.72 Å². The van der Waals surface area contributed by atoms with Crippen molar-refractivity contribution in [3.05, 3.63) is 12.4 Å². The zero-order valence-corrected chi connectivity index (χ0v) is 11.8. The summed E-state index contributed by atoms with van der Waals surface area (Å²) in [5.74, 6) is -0.379. The highest BCUT2D eigenvalue weighted by Gasteiger charge is 2.53. The second kappa shape index (κ2) is 4.56. The fourth-order valence-corrected chi connectivity index (χ4v) is 3.71. The van der Waals surface area contributed by atoms with E-state index in [2.05, 4.69) is 9.82 Å². The second-order valence-electron chi connectivity index (χ2n) is 5.73. The van der Waals surface area contributed by atoms with Crippen LogP contribution in [0.2, 0.25) is 0 Å². The van der Waals surface area contributed by atoms with E-state index in [0.717, 1.165) is 17.5 Å². The number of hydrogen-bond donors (Lipinski definition) is 2. The summed E-state index contributed by atoms with van der Waals surface area (Å²) in [5.41, 5.74) is 0.185. The molecule has 0 bridgehead atoms. The van der Waals surface area contributed by atoms with Crippen molar-refractivity contribution in [2.75, 3.05) is 6.54 Å². The number of nitrogens with zero attached hydrogens (tertiary/aromatic N) is 2. The van der Waals surface area contributed by atoms with Crippen LogP contribution in [0.25, 0.3) is 0 Å². The Morgan fingerprint density at radius 2 is 2.20 bits per heavy atom. The third-order valence-electron chi connectivity index (χ3n) is 4.17. The summed E-state index contributed by atoms with van der Waals surface area (Å²) in [5, 5.41) is 12.4. The lowest BCUT2D eigenvalue weighted by Crippen LogP contribution is -2.31. The zero-order chi connectivity index (χ0) is 14.4. The molecule has 20 heavy (non-hydrogen) atoms. The molecule has 0 radical (unpaired) electrons. The molecule has 0 aromatic carbocycles. The minimum Gasteiger partial charge on any atom is -0.480 e.